The van der Waals surface area contributed by atoms with Crippen molar-refractivity contribution in [3.05, 3.63) is 82.5 Å². The first-order valence-electron chi connectivity index (χ1n) is 8.73. The van der Waals surface area contributed by atoms with E-state index in [0.717, 1.165) is 5.56 Å². The van der Waals surface area contributed by atoms with Gasteiger partial charge < -0.3 is 9.84 Å². The van der Waals surface area contributed by atoms with Crippen LogP contribution in [0.3, 0.4) is 0 Å². The highest BCUT2D eigenvalue weighted by Gasteiger charge is 2.22. The van der Waals surface area contributed by atoms with Gasteiger partial charge in [-0.2, -0.15) is 4.98 Å². The number of nitrogens with zero attached hydrogens (tertiary/aromatic N) is 2. The molecule has 3 rings (SSSR count). The molecule has 1 atom stereocenters. The highest BCUT2D eigenvalue weighted by atomic mass is 16.5. The molecule has 0 saturated heterocycles. The normalized spacial score (nSPS) is 12.0. The summed E-state index contributed by atoms with van der Waals surface area (Å²) >= 11 is 0. The Bertz CT molecular complexity index is 887. The number of hydrogen-bond acceptors (Lipinski definition) is 4. The van der Waals surface area contributed by atoms with Crippen LogP contribution < -0.4 is 5.32 Å². The molecule has 0 aliphatic heterocycles. The lowest BCUT2D eigenvalue weighted by atomic mass is 10.0. The molecule has 1 heterocycles. The van der Waals surface area contributed by atoms with E-state index in [-0.39, 0.29) is 5.91 Å². The van der Waals surface area contributed by atoms with Crippen LogP contribution in [0.2, 0.25) is 0 Å². The number of benzene rings is 2. The zero-order chi connectivity index (χ0) is 18.5. The second-order valence-electron chi connectivity index (χ2n) is 6.52. The van der Waals surface area contributed by atoms with E-state index in [1.807, 2.05) is 30.3 Å². The minimum Gasteiger partial charge on any atom is -0.341 e. The second kappa shape index (κ2) is 7.95. The molecular weight excluding hydrogens is 326 g/mol. The summed E-state index contributed by atoms with van der Waals surface area (Å²) in [5.41, 5.74) is 4.54. The quantitative estimate of drug-likeness (QED) is 0.734. The Balaban J connectivity index is 1.71. The molecule has 1 aromatic heterocycles. The molecule has 0 unspecified atom stereocenters. The smallest absolute Gasteiger partial charge is 0.253 e. The van der Waals surface area contributed by atoms with Crippen molar-refractivity contribution in [2.75, 3.05) is 0 Å². The molecule has 5 heteroatoms. The van der Waals surface area contributed by atoms with Crippen molar-refractivity contribution in [3.63, 3.8) is 0 Å². The van der Waals surface area contributed by atoms with Gasteiger partial charge in [-0.15, -0.1) is 0 Å². The molecule has 0 bridgehead atoms. The van der Waals surface area contributed by atoms with Crippen molar-refractivity contribution in [2.24, 2.45) is 0 Å². The summed E-state index contributed by atoms with van der Waals surface area (Å²) in [6.45, 7) is 5.91. The molecule has 26 heavy (non-hydrogen) atoms. The van der Waals surface area contributed by atoms with Crippen LogP contribution in [0.15, 0.2) is 53.1 Å². The monoisotopic (exact) mass is 349 g/mol. The van der Waals surface area contributed by atoms with Gasteiger partial charge in [-0.05, 0) is 43.9 Å². The SMILES string of the molecule is Cc1ccc(CCC(=O)N[C@@H](c2ccccc2)c2nc(C)no2)c(C)c1. The van der Waals surface area contributed by atoms with Gasteiger partial charge >= 0.3 is 0 Å². The largest absolute Gasteiger partial charge is 0.341 e. The summed E-state index contributed by atoms with van der Waals surface area (Å²) in [6.07, 6.45) is 1.10. The predicted octanol–water partition coefficient (Wildman–Crippen LogP) is 3.83. The maximum atomic E-state index is 12.6. The zero-order valence-electron chi connectivity index (χ0n) is 15.3. The minimum atomic E-state index is -0.441. The molecule has 0 fully saturated rings. The van der Waals surface area contributed by atoms with E-state index in [0.29, 0.717) is 24.6 Å². The summed E-state index contributed by atoms with van der Waals surface area (Å²) in [4.78, 5) is 16.8. The van der Waals surface area contributed by atoms with Crippen molar-refractivity contribution in [3.8, 4) is 0 Å². The Morgan fingerprint density at radius 3 is 2.54 bits per heavy atom. The molecule has 0 spiro atoms. The summed E-state index contributed by atoms with van der Waals surface area (Å²) in [5.74, 6) is 0.897. The number of hydrogen-bond donors (Lipinski definition) is 1. The van der Waals surface area contributed by atoms with Gasteiger partial charge in [-0.1, -0.05) is 59.3 Å². The lowest BCUT2D eigenvalue weighted by molar-refractivity contribution is -0.121. The number of aromatic nitrogens is 2. The minimum absolute atomic E-state index is 0.0466. The van der Waals surface area contributed by atoms with Crippen molar-refractivity contribution in [2.45, 2.75) is 39.7 Å². The molecular formula is C21H23N3O2. The van der Waals surface area contributed by atoms with Crippen LogP contribution in [0.5, 0.6) is 0 Å². The predicted molar refractivity (Wildman–Crippen MR) is 99.7 cm³/mol. The second-order valence-corrected chi connectivity index (χ2v) is 6.52. The van der Waals surface area contributed by atoms with E-state index in [1.165, 1.54) is 16.7 Å². The van der Waals surface area contributed by atoms with E-state index in [4.69, 9.17) is 4.52 Å². The molecule has 1 N–H and O–H groups in total. The number of carbonyl (C=O) groups excluding carboxylic acids is 1. The summed E-state index contributed by atoms with van der Waals surface area (Å²) in [6, 6.07) is 15.5. The fourth-order valence-electron chi connectivity index (χ4n) is 2.97. The van der Waals surface area contributed by atoms with Crippen molar-refractivity contribution < 1.29 is 9.32 Å². The first-order valence-corrected chi connectivity index (χ1v) is 8.73. The lowest BCUT2D eigenvalue weighted by Gasteiger charge is -2.16. The average molecular weight is 349 g/mol. The van der Waals surface area contributed by atoms with Gasteiger partial charge in [-0.3, -0.25) is 4.79 Å². The first kappa shape index (κ1) is 17.9. The zero-order valence-corrected chi connectivity index (χ0v) is 15.3. The molecule has 0 aliphatic carbocycles. The van der Waals surface area contributed by atoms with Crippen molar-refractivity contribution >= 4 is 5.91 Å². The number of amides is 1. The maximum absolute atomic E-state index is 12.6. The Kier molecular flexibility index (Phi) is 5.46. The van der Waals surface area contributed by atoms with Crippen LogP contribution in [0.4, 0.5) is 0 Å². The number of aryl methyl sites for hydroxylation is 4. The number of carbonyl (C=O) groups is 1. The third-order valence-electron chi connectivity index (χ3n) is 4.35. The Morgan fingerprint density at radius 2 is 1.88 bits per heavy atom. The van der Waals surface area contributed by atoms with E-state index in [2.05, 4.69) is 47.5 Å². The van der Waals surface area contributed by atoms with E-state index in [9.17, 15) is 4.79 Å². The summed E-state index contributed by atoms with van der Waals surface area (Å²) in [5, 5.41) is 6.88. The van der Waals surface area contributed by atoms with Crippen LogP contribution in [-0.2, 0) is 11.2 Å². The fourth-order valence-corrected chi connectivity index (χ4v) is 2.97. The lowest BCUT2D eigenvalue weighted by Crippen LogP contribution is -2.29. The maximum Gasteiger partial charge on any atom is 0.253 e. The third-order valence-corrected chi connectivity index (χ3v) is 4.35. The number of rotatable bonds is 6. The van der Waals surface area contributed by atoms with E-state index < -0.39 is 6.04 Å². The molecule has 0 saturated carbocycles. The highest BCUT2D eigenvalue weighted by Crippen LogP contribution is 2.21. The molecule has 0 radical (unpaired) electrons. The molecule has 1 amide bonds. The van der Waals surface area contributed by atoms with Gasteiger partial charge in [0.25, 0.3) is 5.89 Å². The standard InChI is InChI=1S/C21H23N3O2/c1-14-9-10-17(15(2)13-14)11-12-19(25)23-20(18-7-5-4-6-8-18)21-22-16(3)24-26-21/h4-10,13,20H,11-12H2,1-3H3,(H,23,25)/t20-/m0/s1. The van der Waals surface area contributed by atoms with Gasteiger partial charge in [0.15, 0.2) is 5.82 Å². The topological polar surface area (TPSA) is 68.0 Å². The van der Waals surface area contributed by atoms with Gasteiger partial charge in [0, 0.05) is 6.42 Å². The van der Waals surface area contributed by atoms with Gasteiger partial charge in [0.2, 0.25) is 5.91 Å². The average Bonchev–Trinajstić information content (AvgIpc) is 3.06. The van der Waals surface area contributed by atoms with Crippen LogP contribution >= 0.6 is 0 Å². The Morgan fingerprint density at radius 1 is 1.12 bits per heavy atom. The molecule has 134 valence electrons. The van der Waals surface area contributed by atoms with Gasteiger partial charge in [0.1, 0.15) is 6.04 Å². The molecule has 3 aromatic rings. The Hall–Kier alpha value is -2.95. The van der Waals surface area contributed by atoms with Crippen molar-refractivity contribution in [1.29, 1.82) is 0 Å². The molecule has 5 nitrogen and oxygen atoms in total. The third kappa shape index (κ3) is 4.36. The van der Waals surface area contributed by atoms with Gasteiger partial charge in [0.05, 0.1) is 0 Å². The Labute approximate surface area is 153 Å². The fraction of sp³-hybridized carbons (Fsp3) is 0.286. The van der Waals surface area contributed by atoms with Gasteiger partial charge in [-0.25, -0.2) is 0 Å². The van der Waals surface area contributed by atoms with Crippen molar-refractivity contribution in [1.82, 2.24) is 15.5 Å². The summed E-state index contributed by atoms with van der Waals surface area (Å²) < 4.78 is 5.30. The van der Waals surface area contributed by atoms with Crippen LogP contribution in [0.25, 0.3) is 0 Å². The van der Waals surface area contributed by atoms with Crippen LogP contribution in [-0.4, -0.2) is 16.0 Å². The molecule has 0 aliphatic rings. The number of nitrogens with one attached hydrogen (secondary N) is 1. The highest BCUT2D eigenvalue weighted by molar-refractivity contribution is 5.77. The van der Waals surface area contributed by atoms with E-state index in [1.54, 1.807) is 6.92 Å². The summed E-state index contributed by atoms with van der Waals surface area (Å²) in [7, 11) is 0. The van der Waals surface area contributed by atoms with Crippen LogP contribution in [0.1, 0.15) is 46.4 Å². The van der Waals surface area contributed by atoms with E-state index >= 15 is 0 Å². The molecule has 2 aromatic carbocycles. The van der Waals surface area contributed by atoms with Crippen LogP contribution in [0, 0.1) is 20.8 Å². The first-order chi connectivity index (χ1) is 12.5.